The van der Waals surface area contributed by atoms with Crippen LogP contribution in [-0.4, -0.2) is 35.6 Å². The molecule has 0 bridgehead atoms. The molecule has 0 spiro atoms. The van der Waals surface area contributed by atoms with Crippen molar-refractivity contribution < 1.29 is 4.74 Å². The zero-order valence-corrected chi connectivity index (χ0v) is 12.9. The minimum absolute atomic E-state index is 0.527. The minimum Gasteiger partial charge on any atom is -0.496 e. The van der Waals surface area contributed by atoms with Crippen molar-refractivity contribution in [1.82, 2.24) is 4.90 Å². The Bertz CT molecular complexity index is 425. The van der Waals surface area contributed by atoms with Crippen LogP contribution in [0, 0.1) is 0 Å². The molecule has 1 aromatic carbocycles. The van der Waals surface area contributed by atoms with E-state index in [1.807, 2.05) is 6.07 Å². The summed E-state index contributed by atoms with van der Waals surface area (Å²) in [5, 5.41) is 0.709. The number of hydrogen-bond acceptors (Lipinski definition) is 4. The molecule has 19 heavy (non-hydrogen) atoms. The van der Waals surface area contributed by atoms with Gasteiger partial charge in [0.05, 0.1) is 7.11 Å². The van der Waals surface area contributed by atoms with Crippen molar-refractivity contribution in [2.75, 3.05) is 19.4 Å². The molecule has 0 radical (unpaired) electrons. The van der Waals surface area contributed by atoms with E-state index in [9.17, 15) is 0 Å². The predicted octanol–water partition coefficient (Wildman–Crippen LogP) is 2.48. The van der Waals surface area contributed by atoms with Crippen molar-refractivity contribution in [3.05, 3.63) is 29.3 Å². The molecule has 1 saturated heterocycles. The Kier molecular flexibility index (Phi) is 5.13. The summed E-state index contributed by atoms with van der Waals surface area (Å²) in [7, 11) is 1.69. The molecule has 0 amide bonds. The quantitative estimate of drug-likeness (QED) is 0.919. The molecule has 1 fully saturated rings. The van der Waals surface area contributed by atoms with Crippen LogP contribution < -0.4 is 10.5 Å². The second-order valence-electron chi connectivity index (χ2n) is 5.14. The van der Waals surface area contributed by atoms with Gasteiger partial charge in [0.15, 0.2) is 0 Å². The zero-order chi connectivity index (χ0) is 13.8. The third kappa shape index (κ3) is 3.44. The Morgan fingerprint density at radius 3 is 2.89 bits per heavy atom. The van der Waals surface area contributed by atoms with Gasteiger partial charge in [-0.15, -0.1) is 0 Å². The highest BCUT2D eigenvalue weighted by Gasteiger charge is 2.25. The highest BCUT2D eigenvalue weighted by atomic mass is 32.2. The minimum atomic E-state index is 0.527. The first kappa shape index (κ1) is 14.7. The van der Waals surface area contributed by atoms with E-state index in [-0.39, 0.29) is 0 Å². The first-order valence-corrected chi connectivity index (χ1v) is 7.92. The van der Waals surface area contributed by atoms with Crippen LogP contribution in [0.25, 0.3) is 0 Å². The molecule has 1 aromatic rings. The summed E-state index contributed by atoms with van der Waals surface area (Å²) in [5.74, 6) is 2.12. The van der Waals surface area contributed by atoms with Gasteiger partial charge in [0.2, 0.25) is 0 Å². The monoisotopic (exact) mass is 280 g/mol. The van der Waals surface area contributed by atoms with Gasteiger partial charge in [-0.1, -0.05) is 13.0 Å². The molecular weight excluding hydrogens is 256 g/mol. The lowest BCUT2D eigenvalue weighted by molar-refractivity contribution is 0.204. The van der Waals surface area contributed by atoms with E-state index in [4.69, 9.17) is 10.5 Å². The van der Waals surface area contributed by atoms with E-state index in [2.05, 4.69) is 42.6 Å². The van der Waals surface area contributed by atoms with Crippen LogP contribution in [0.15, 0.2) is 18.2 Å². The summed E-state index contributed by atoms with van der Waals surface area (Å²) < 4.78 is 5.32. The highest BCUT2D eigenvalue weighted by Crippen LogP contribution is 2.27. The molecule has 2 unspecified atom stereocenters. The van der Waals surface area contributed by atoms with Crippen LogP contribution in [0.4, 0.5) is 0 Å². The molecule has 2 atom stereocenters. The maximum absolute atomic E-state index is 5.78. The Labute approximate surface area is 120 Å². The normalized spacial score (nSPS) is 24.4. The standard InChI is InChI=1S/C15H24N2OS/c1-11-12(2)19-7-6-17(11)10-13-4-5-15(18-3)14(8-13)9-16/h4-5,8,11-12H,6-7,9-10,16H2,1-3H3. The Balaban J connectivity index is 2.10. The van der Waals surface area contributed by atoms with Crippen LogP contribution in [0.3, 0.4) is 0 Å². The van der Waals surface area contributed by atoms with E-state index in [0.717, 1.165) is 17.9 Å². The lowest BCUT2D eigenvalue weighted by Crippen LogP contribution is -2.43. The van der Waals surface area contributed by atoms with E-state index < -0.39 is 0 Å². The van der Waals surface area contributed by atoms with Crippen molar-refractivity contribution in [3.8, 4) is 5.75 Å². The van der Waals surface area contributed by atoms with E-state index in [0.29, 0.717) is 17.8 Å². The van der Waals surface area contributed by atoms with Crippen LogP contribution in [0.5, 0.6) is 5.75 Å². The number of rotatable bonds is 4. The van der Waals surface area contributed by atoms with Gasteiger partial charge in [-0.3, -0.25) is 4.90 Å². The summed E-state index contributed by atoms with van der Waals surface area (Å²) >= 11 is 2.07. The summed E-state index contributed by atoms with van der Waals surface area (Å²) in [6.45, 7) is 7.34. The van der Waals surface area contributed by atoms with Crippen LogP contribution in [0.1, 0.15) is 25.0 Å². The first-order valence-electron chi connectivity index (χ1n) is 6.87. The third-order valence-corrected chi connectivity index (χ3v) is 5.30. The highest BCUT2D eigenvalue weighted by molar-refractivity contribution is 8.00. The molecular formula is C15H24N2OS. The Morgan fingerprint density at radius 1 is 1.42 bits per heavy atom. The van der Waals surface area contributed by atoms with Gasteiger partial charge >= 0.3 is 0 Å². The largest absolute Gasteiger partial charge is 0.496 e. The molecule has 2 N–H and O–H groups in total. The second kappa shape index (κ2) is 6.64. The number of ether oxygens (including phenoxy) is 1. The maximum atomic E-state index is 5.78. The van der Waals surface area contributed by atoms with Gasteiger partial charge in [0, 0.05) is 42.2 Å². The fourth-order valence-electron chi connectivity index (χ4n) is 2.54. The second-order valence-corrected chi connectivity index (χ2v) is 6.62. The fourth-order valence-corrected chi connectivity index (χ4v) is 3.71. The predicted molar refractivity (Wildman–Crippen MR) is 82.7 cm³/mol. The van der Waals surface area contributed by atoms with Crippen LogP contribution >= 0.6 is 11.8 Å². The van der Waals surface area contributed by atoms with Crippen LogP contribution in [-0.2, 0) is 13.1 Å². The number of methoxy groups -OCH3 is 1. The smallest absolute Gasteiger partial charge is 0.123 e. The topological polar surface area (TPSA) is 38.5 Å². The van der Waals surface area contributed by atoms with Crippen molar-refractivity contribution in [1.29, 1.82) is 0 Å². The summed E-state index contributed by atoms with van der Waals surface area (Å²) in [6.07, 6.45) is 0. The van der Waals surface area contributed by atoms with E-state index in [1.165, 1.54) is 17.9 Å². The number of benzene rings is 1. The zero-order valence-electron chi connectivity index (χ0n) is 12.1. The van der Waals surface area contributed by atoms with Gasteiger partial charge in [-0.05, 0) is 24.6 Å². The van der Waals surface area contributed by atoms with Crippen molar-refractivity contribution in [3.63, 3.8) is 0 Å². The molecule has 2 rings (SSSR count). The molecule has 0 aromatic heterocycles. The van der Waals surface area contributed by atoms with Crippen LogP contribution in [0.2, 0.25) is 0 Å². The average molecular weight is 280 g/mol. The molecule has 1 aliphatic heterocycles. The lowest BCUT2D eigenvalue weighted by atomic mass is 10.1. The van der Waals surface area contributed by atoms with Gasteiger partial charge in [0.1, 0.15) is 5.75 Å². The molecule has 0 saturated carbocycles. The number of hydrogen-bond donors (Lipinski definition) is 1. The molecule has 3 nitrogen and oxygen atoms in total. The summed E-state index contributed by atoms with van der Waals surface area (Å²) in [6, 6.07) is 6.99. The third-order valence-electron chi connectivity index (χ3n) is 3.96. The van der Waals surface area contributed by atoms with Crippen molar-refractivity contribution in [2.24, 2.45) is 5.73 Å². The van der Waals surface area contributed by atoms with Crippen molar-refractivity contribution >= 4 is 11.8 Å². The SMILES string of the molecule is COc1ccc(CN2CCSC(C)C2C)cc1CN. The average Bonchev–Trinajstić information content (AvgIpc) is 2.43. The van der Waals surface area contributed by atoms with Gasteiger partial charge in [0.25, 0.3) is 0 Å². The Morgan fingerprint density at radius 2 is 2.21 bits per heavy atom. The fraction of sp³-hybridized carbons (Fsp3) is 0.600. The molecule has 1 aliphatic rings. The molecule has 0 aliphatic carbocycles. The molecule has 106 valence electrons. The lowest BCUT2D eigenvalue weighted by Gasteiger charge is -2.37. The van der Waals surface area contributed by atoms with Crippen molar-refractivity contribution in [2.45, 2.75) is 38.2 Å². The first-order chi connectivity index (χ1) is 9.15. The Hall–Kier alpha value is -0.710. The summed E-state index contributed by atoms with van der Waals surface area (Å²) in [4.78, 5) is 2.56. The number of nitrogens with zero attached hydrogens (tertiary/aromatic N) is 1. The van der Waals surface area contributed by atoms with Gasteiger partial charge < -0.3 is 10.5 Å². The molecule has 1 heterocycles. The maximum Gasteiger partial charge on any atom is 0.123 e. The molecule has 4 heteroatoms. The number of thioether (sulfide) groups is 1. The van der Waals surface area contributed by atoms with E-state index in [1.54, 1.807) is 7.11 Å². The number of nitrogens with two attached hydrogens (primary N) is 1. The van der Waals surface area contributed by atoms with Gasteiger partial charge in [-0.25, -0.2) is 0 Å². The summed E-state index contributed by atoms with van der Waals surface area (Å²) in [5.41, 5.74) is 8.20. The van der Waals surface area contributed by atoms with Gasteiger partial charge in [-0.2, -0.15) is 11.8 Å². The van der Waals surface area contributed by atoms with E-state index >= 15 is 0 Å².